The number of thioether (sulfide) groups is 1. The van der Waals surface area contributed by atoms with Crippen molar-refractivity contribution < 1.29 is 0 Å². The highest BCUT2D eigenvalue weighted by atomic mass is 32.2. The Morgan fingerprint density at radius 2 is 2.21 bits per heavy atom. The van der Waals surface area contributed by atoms with Gasteiger partial charge in [-0.15, -0.1) is 11.8 Å². The standard InChI is InChI=1S/C16H24N2S/c1-12-4-2-6-15(10-12)19-16-13(5-3-9-17-16)11-18-14-7-8-14/h3,5,9,12,14-15,18H,2,4,6-8,10-11H2,1H3. The summed E-state index contributed by atoms with van der Waals surface area (Å²) < 4.78 is 0. The van der Waals surface area contributed by atoms with Gasteiger partial charge >= 0.3 is 0 Å². The third-order valence-electron chi connectivity index (χ3n) is 4.18. The molecule has 2 fully saturated rings. The maximum absolute atomic E-state index is 4.62. The molecule has 0 aliphatic heterocycles. The Labute approximate surface area is 120 Å². The quantitative estimate of drug-likeness (QED) is 0.879. The summed E-state index contributed by atoms with van der Waals surface area (Å²) in [6.07, 6.45) is 10.2. The first-order valence-corrected chi connectivity index (χ1v) is 8.53. The van der Waals surface area contributed by atoms with E-state index in [9.17, 15) is 0 Å². The van der Waals surface area contributed by atoms with Crippen molar-refractivity contribution in [2.45, 2.75) is 68.3 Å². The lowest BCUT2D eigenvalue weighted by Crippen LogP contribution is -2.18. The number of hydrogen-bond donors (Lipinski definition) is 1. The van der Waals surface area contributed by atoms with Gasteiger partial charge in [0.1, 0.15) is 5.03 Å². The fourth-order valence-electron chi connectivity index (χ4n) is 2.85. The van der Waals surface area contributed by atoms with Crippen LogP contribution in [0.2, 0.25) is 0 Å². The van der Waals surface area contributed by atoms with Gasteiger partial charge in [-0.3, -0.25) is 0 Å². The summed E-state index contributed by atoms with van der Waals surface area (Å²) in [6, 6.07) is 5.07. The van der Waals surface area contributed by atoms with Crippen molar-refractivity contribution in [3.8, 4) is 0 Å². The van der Waals surface area contributed by atoms with Gasteiger partial charge in [-0.25, -0.2) is 4.98 Å². The van der Waals surface area contributed by atoms with E-state index in [0.717, 1.165) is 23.8 Å². The minimum atomic E-state index is 0.771. The zero-order valence-corrected chi connectivity index (χ0v) is 12.6. The topological polar surface area (TPSA) is 24.9 Å². The minimum absolute atomic E-state index is 0.771. The smallest absolute Gasteiger partial charge is 0.101 e. The van der Waals surface area contributed by atoms with Crippen LogP contribution in [0.3, 0.4) is 0 Å². The average Bonchev–Trinajstić information content (AvgIpc) is 3.22. The Balaban J connectivity index is 1.61. The molecule has 2 aliphatic carbocycles. The van der Waals surface area contributed by atoms with Crippen molar-refractivity contribution in [3.05, 3.63) is 23.9 Å². The van der Waals surface area contributed by atoms with Gasteiger partial charge < -0.3 is 5.32 Å². The van der Waals surface area contributed by atoms with E-state index in [4.69, 9.17) is 0 Å². The van der Waals surface area contributed by atoms with Crippen LogP contribution in [-0.4, -0.2) is 16.3 Å². The van der Waals surface area contributed by atoms with Crippen molar-refractivity contribution in [2.75, 3.05) is 0 Å². The van der Waals surface area contributed by atoms with E-state index >= 15 is 0 Å². The second-order valence-electron chi connectivity index (χ2n) is 6.13. The van der Waals surface area contributed by atoms with Crippen LogP contribution in [0, 0.1) is 5.92 Å². The number of aromatic nitrogens is 1. The van der Waals surface area contributed by atoms with Gasteiger partial charge in [-0.2, -0.15) is 0 Å². The Morgan fingerprint density at radius 3 is 3.00 bits per heavy atom. The molecule has 0 spiro atoms. The first kappa shape index (κ1) is 13.4. The monoisotopic (exact) mass is 276 g/mol. The van der Waals surface area contributed by atoms with E-state index in [2.05, 4.69) is 29.4 Å². The summed E-state index contributed by atoms with van der Waals surface area (Å²) in [5.41, 5.74) is 1.39. The molecule has 2 nitrogen and oxygen atoms in total. The molecule has 2 atom stereocenters. The van der Waals surface area contributed by atoms with Crippen molar-refractivity contribution in [1.29, 1.82) is 0 Å². The fourth-order valence-corrected chi connectivity index (χ4v) is 4.29. The Morgan fingerprint density at radius 1 is 1.32 bits per heavy atom. The molecule has 0 saturated heterocycles. The van der Waals surface area contributed by atoms with Gasteiger partial charge in [0.15, 0.2) is 0 Å². The van der Waals surface area contributed by atoms with E-state index in [0.29, 0.717) is 0 Å². The third kappa shape index (κ3) is 3.96. The van der Waals surface area contributed by atoms with Crippen LogP contribution in [0.5, 0.6) is 0 Å². The zero-order chi connectivity index (χ0) is 13.1. The van der Waals surface area contributed by atoms with Gasteiger partial charge in [0.05, 0.1) is 0 Å². The summed E-state index contributed by atoms with van der Waals surface area (Å²) in [7, 11) is 0. The van der Waals surface area contributed by atoms with Crippen molar-refractivity contribution >= 4 is 11.8 Å². The largest absolute Gasteiger partial charge is 0.310 e. The predicted octanol–water partition coefficient (Wildman–Crippen LogP) is 4.00. The van der Waals surface area contributed by atoms with E-state index in [1.807, 2.05) is 18.0 Å². The van der Waals surface area contributed by atoms with Crippen LogP contribution in [0.15, 0.2) is 23.4 Å². The molecular weight excluding hydrogens is 252 g/mol. The third-order valence-corrected chi connectivity index (χ3v) is 5.53. The van der Waals surface area contributed by atoms with E-state index in [-0.39, 0.29) is 0 Å². The number of nitrogens with one attached hydrogen (secondary N) is 1. The second-order valence-corrected chi connectivity index (χ2v) is 7.42. The average molecular weight is 276 g/mol. The summed E-state index contributed by atoms with van der Waals surface area (Å²) in [5.74, 6) is 0.892. The van der Waals surface area contributed by atoms with Gasteiger partial charge in [-0.1, -0.05) is 25.8 Å². The maximum atomic E-state index is 4.62. The van der Waals surface area contributed by atoms with Crippen molar-refractivity contribution in [2.24, 2.45) is 5.92 Å². The molecule has 1 N–H and O–H groups in total. The Hall–Kier alpha value is -0.540. The van der Waals surface area contributed by atoms with E-state index < -0.39 is 0 Å². The van der Waals surface area contributed by atoms with Crippen LogP contribution >= 0.6 is 11.8 Å². The molecule has 2 aliphatic rings. The molecule has 0 bridgehead atoms. The SMILES string of the molecule is CC1CCCC(Sc2ncccc2CNC2CC2)C1. The molecule has 1 heterocycles. The second kappa shape index (κ2) is 6.27. The molecular formula is C16H24N2S. The molecule has 0 aromatic carbocycles. The van der Waals surface area contributed by atoms with Crippen LogP contribution < -0.4 is 5.32 Å². The first-order chi connectivity index (χ1) is 9.31. The lowest BCUT2D eigenvalue weighted by Gasteiger charge is -2.26. The molecule has 3 rings (SSSR count). The predicted molar refractivity (Wildman–Crippen MR) is 81.4 cm³/mol. The number of pyridine rings is 1. The lowest BCUT2D eigenvalue weighted by molar-refractivity contribution is 0.394. The number of rotatable bonds is 5. The Bertz CT molecular complexity index is 417. The van der Waals surface area contributed by atoms with Crippen LogP contribution in [0.4, 0.5) is 0 Å². The molecule has 3 heteroatoms. The number of nitrogens with zero attached hydrogens (tertiary/aromatic N) is 1. The van der Waals surface area contributed by atoms with Gasteiger partial charge in [0.25, 0.3) is 0 Å². The summed E-state index contributed by atoms with van der Waals surface area (Å²) in [5, 5.41) is 5.64. The fraction of sp³-hybridized carbons (Fsp3) is 0.688. The maximum Gasteiger partial charge on any atom is 0.101 e. The molecule has 2 saturated carbocycles. The molecule has 19 heavy (non-hydrogen) atoms. The number of hydrogen-bond acceptors (Lipinski definition) is 3. The summed E-state index contributed by atoms with van der Waals surface area (Å²) in [4.78, 5) is 4.62. The van der Waals surface area contributed by atoms with E-state index in [1.165, 1.54) is 49.1 Å². The Kier molecular flexibility index (Phi) is 4.44. The molecule has 0 amide bonds. The molecule has 1 aromatic rings. The van der Waals surface area contributed by atoms with Crippen molar-refractivity contribution in [1.82, 2.24) is 10.3 Å². The molecule has 1 aromatic heterocycles. The van der Waals surface area contributed by atoms with Crippen LogP contribution in [0.25, 0.3) is 0 Å². The molecule has 0 radical (unpaired) electrons. The highest BCUT2D eigenvalue weighted by molar-refractivity contribution is 7.99. The highest BCUT2D eigenvalue weighted by Crippen LogP contribution is 2.36. The van der Waals surface area contributed by atoms with Gasteiger partial charge in [0.2, 0.25) is 0 Å². The van der Waals surface area contributed by atoms with Gasteiger partial charge in [0, 0.05) is 24.0 Å². The van der Waals surface area contributed by atoms with Crippen molar-refractivity contribution in [3.63, 3.8) is 0 Å². The zero-order valence-electron chi connectivity index (χ0n) is 11.8. The molecule has 104 valence electrons. The normalized spacial score (nSPS) is 27.4. The summed E-state index contributed by atoms with van der Waals surface area (Å²) >= 11 is 2.02. The molecule has 2 unspecified atom stereocenters. The first-order valence-electron chi connectivity index (χ1n) is 7.65. The lowest BCUT2D eigenvalue weighted by atomic mass is 9.91. The summed E-state index contributed by atoms with van der Waals surface area (Å²) in [6.45, 7) is 3.38. The highest BCUT2D eigenvalue weighted by Gasteiger charge is 2.23. The van der Waals surface area contributed by atoms with E-state index in [1.54, 1.807) is 0 Å². The van der Waals surface area contributed by atoms with Crippen LogP contribution in [0.1, 0.15) is 51.0 Å². The van der Waals surface area contributed by atoms with Crippen LogP contribution in [-0.2, 0) is 6.54 Å². The van der Waals surface area contributed by atoms with Gasteiger partial charge in [-0.05, 0) is 43.2 Å². The minimum Gasteiger partial charge on any atom is -0.310 e.